The van der Waals surface area contributed by atoms with Crippen LogP contribution < -0.4 is 0 Å². The summed E-state index contributed by atoms with van der Waals surface area (Å²) in [6, 6.07) is 7.88. The van der Waals surface area contributed by atoms with E-state index in [2.05, 4.69) is 0 Å². The Labute approximate surface area is 207 Å². The average molecular weight is 496 g/mol. The molecule has 0 bridgehead atoms. The highest BCUT2D eigenvalue weighted by Crippen LogP contribution is 2.53. The number of benzene rings is 1. The van der Waals surface area contributed by atoms with Gasteiger partial charge in [0, 0.05) is 48.5 Å². The molecule has 5 rings (SSSR count). The molecule has 35 heavy (non-hydrogen) atoms. The lowest BCUT2D eigenvalue weighted by atomic mass is 9.66. The summed E-state index contributed by atoms with van der Waals surface area (Å²) in [5.74, 6) is 1.30. The molecular formula is C27H26ClNO6. The van der Waals surface area contributed by atoms with Crippen LogP contribution in [0.15, 0.2) is 57.4 Å². The standard InChI is InChI=1S/C27H26ClNO6/c1-26(2)10-17(30)23-21(12-26)35-22-13-27(3,4)11-18(31)24(22)25(23)20-8-7-19(34-20)14-5-6-15(28)16(9-14)29(32)33/h5-9,25H,10-13H2,1-4H3. The molecule has 3 aliphatic rings. The topological polar surface area (TPSA) is 99.7 Å². The first kappa shape index (κ1) is 23.5. The summed E-state index contributed by atoms with van der Waals surface area (Å²) >= 11 is 5.96. The van der Waals surface area contributed by atoms with Crippen LogP contribution in [0.5, 0.6) is 0 Å². The largest absolute Gasteiger partial charge is 0.465 e. The Balaban J connectivity index is 1.64. The molecule has 1 aliphatic heterocycles. The van der Waals surface area contributed by atoms with Gasteiger partial charge in [-0.3, -0.25) is 19.7 Å². The van der Waals surface area contributed by atoms with E-state index >= 15 is 0 Å². The fraction of sp³-hybridized carbons (Fsp3) is 0.407. The number of hydrogen-bond acceptors (Lipinski definition) is 6. The molecule has 0 saturated heterocycles. The van der Waals surface area contributed by atoms with Gasteiger partial charge >= 0.3 is 0 Å². The third kappa shape index (κ3) is 4.12. The molecule has 0 spiro atoms. The van der Waals surface area contributed by atoms with Crippen LogP contribution >= 0.6 is 11.6 Å². The van der Waals surface area contributed by atoms with Crippen LogP contribution in [0, 0.1) is 20.9 Å². The Morgan fingerprint density at radius 2 is 1.49 bits per heavy atom. The molecule has 1 aromatic carbocycles. The second kappa shape index (κ2) is 7.92. The zero-order chi connectivity index (χ0) is 25.3. The van der Waals surface area contributed by atoms with Crippen LogP contribution in [0.3, 0.4) is 0 Å². The van der Waals surface area contributed by atoms with Crippen LogP contribution in [-0.2, 0) is 14.3 Å². The third-order valence-corrected chi connectivity index (χ3v) is 7.24. The Bertz CT molecular complexity index is 1310. The van der Waals surface area contributed by atoms with Gasteiger partial charge in [-0.15, -0.1) is 0 Å². The molecule has 2 aliphatic carbocycles. The lowest BCUT2D eigenvalue weighted by molar-refractivity contribution is -0.384. The van der Waals surface area contributed by atoms with Crippen molar-refractivity contribution in [2.75, 3.05) is 0 Å². The molecule has 182 valence electrons. The van der Waals surface area contributed by atoms with Gasteiger partial charge in [-0.2, -0.15) is 0 Å². The first-order valence-electron chi connectivity index (χ1n) is 11.6. The van der Waals surface area contributed by atoms with Crippen LogP contribution in [0.1, 0.15) is 65.1 Å². The minimum absolute atomic E-state index is 0.0328. The van der Waals surface area contributed by atoms with Gasteiger partial charge in [0.2, 0.25) is 0 Å². The van der Waals surface area contributed by atoms with Crippen molar-refractivity contribution in [2.45, 2.75) is 59.3 Å². The SMILES string of the molecule is CC1(C)CC(=O)C2=C(C1)OC1=C(C(=O)CC(C)(C)C1)C2c1ccc(-c2ccc(Cl)c([N+](=O)[O-])c2)o1. The molecule has 0 unspecified atom stereocenters. The van der Waals surface area contributed by atoms with Crippen LogP contribution in [0.2, 0.25) is 5.02 Å². The van der Waals surface area contributed by atoms with Crippen molar-refractivity contribution >= 4 is 28.9 Å². The van der Waals surface area contributed by atoms with Crippen LogP contribution in [-0.4, -0.2) is 16.5 Å². The predicted molar refractivity (Wildman–Crippen MR) is 130 cm³/mol. The van der Waals surface area contributed by atoms with Crippen molar-refractivity contribution in [2.24, 2.45) is 10.8 Å². The zero-order valence-electron chi connectivity index (χ0n) is 20.1. The highest BCUT2D eigenvalue weighted by Gasteiger charge is 2.48. The number of nitro groups is 1. The molecule has 1 aromatic heterocycles. The summed E-state index contributed by atoms with van der Waals surface area (Å²) in [5, 5.41) is 11.4. The number of nitro benzene ring substituents is 1. The van der Waals surface area contributed by atoms with E-state index in [1.165, 1.54) is 12.1 Å². The van der Waals surface area contributed by atoms with E-state index in [4.69, 9.17) is 20.8 Å². The number of hydrogen-bond donors (Lipinski definition) is 0. The van der Waals surface area contributed by atoms with Crippen LogP contribution in [0.4, 0.5) is 5.69 Å². The second-order valence-electron chi connectivity index (χ2n) is 11.2. The van der Waals surface area contributed by atoms with E-state index in [1.54, 1.807) is 18.2 Å². The number of rotatable bonds is 3. The summed E-state index contributed by atoms with van der Waals surface area (Å²) in [4.78, 5) is 37.5. The second-order valence-corrected chi connectivity index (χ2v) is 11.6. The number of ether oxygens (including phenoxy) is 1. The first-order chi connectivity index (χ1) is 16.3. The van der Waals surface area contributed by atoms with Gasteiger partial charge < -0.3 is 9.15 Å². The molecule has 0 radical (unpaired) electrons. The van der Waals surface area contributed by atoms with Crippen molar-refractivity contribution in [1.82, 2.24) is 0 Å². The van der Waals surface area contributed by atoms with Crippen molar-refractivity contribution in [1.29, 1.82) is 0 Å². The molecule has 7 nitrogen and oxygen atoms in total. The number of carbonyl (C=O) groups is 2. The number of allylic oxidation sites excluding steroid dienone is 4. The van der Waals surface area contributed by atoms with E-state index in [-0.39, 0.29) is 33.1 Å². The van der Waals surface area contributed by atoms with Crippen molar-refractivity contribution in [3.63, 3.8) is 0 Å². The quantitative estimate of drug-likeness (QED) is 0.339. The maximum absolute atomic E-state index is 13.4. The number of nitrogens with zero attached hydrogens (tertiary/aromatic N) is 1. The predicted octanol–water partition coefficient (Wildman–Crippen LogP) is 6.91. The molecular weight excluding hydrogens is 470 g/mol. The van der Waals surface area contributed by atoms with Crippen LogP contribution in [0.25, 0.3) is 11.3 Å². The van der Waals surface area contributed by atoms with E-state index < -0.39 is 10.8 Å². The summed E-state index contributed by atoms with van der Waals surface area (Å²) in [6.45, 7) is 8.13. The molecule has 8 heteroatoms. The lowest BCUT2D eigenvalue weighted by Crippen LogP contribution is -2.37. The Morgan fingerprint density at radius 3 is 2.03 bits per heavy atom. The van der Waals surface area contributed by atoms with E-state index in [9.17, 15) is 19.7 Å². The summed E-state index contributed by atoms with van der Waals surface area (Å²) in [6.07, 6.45) is 1.88. The van der Waals surface area contributed by atoms with Gasteiger partial charge in [0.25, 0.3) is 5.69 Å². The van der Waals surface area contributed by atoms with Gasteiger partial charge in [-0.05, 0) is 35.1 Å². The van der Waals surface area contributed by atoms with Gasteiger partial charge in [0.15, 0.2) is 11.6 Å². The minimum atomic E-state index is -0.656. The number of ketones is 2. The third-order valence-electron chi connectivity index (χ3n) is 6.92. The molecule has 2 heterocycles. The fourth-order valence-corrected chi connectivity index (χ4v) is 5.61. The number of Topliss-reactive ketones (excluding diaryl/α,β-unsaturated/α-hetero) is 2. The van der Waals surface area contributed by atoms with Gasteiger partial charge in [0.05, 0.1) is 10.8 Å². The Morgan fingerprint density at radius 1 is 0.914 bits per heavy atom. The Hall–Kier alpha value is -3.19. The normalized spacial score (nSPS) is 21.5. The molecule has 0 atom stereocenters. The van der Waals surface area contributed by atoms with E-state index in [1.807, 2.05) is 27.7 Å². The summed E-state index contributed by atoms with van der Waals surface area (Å²) in [5.41, 5.74) is 0.734. The van der Waals surface area contributed by atoms with E-state index in [0.717, 1.165) is 0 Å². The fourth-order valence-electron chi connectivity index (χ4n) is 5.43. The summed E-state index contributed by atoms with van der Waals surface area (Å²) < 4.78 is 12.5. The maximum Gasteiger partial charge on any atom is 0.288 e. The molecule has 0 N–H and O–H groups in total. The van der Waals surface area contributed by atoms with Gasteiger partial charge in [-0.1, -0.05) is 39.3 Å². The molecule has 0 amide bonds. The monoisotopic (exact) mass is 495 g/mol. The van der Waals surface area contributed by atoms with Crippen molar-refractivity contribution in [3.05, 3.63) is 73.9 Å². The zero-order valence-corrected chi connectivity index (χ0v) is 20.8. The minimum Gasteiger partial charge on any atom is -0.465 e. The maximum atomic E-state index is 13.4. The highest BCUT2D eigenvalue weighted by atomic mass is 35.5. The lowest BCUT2D eigenvalue weighted by Gasteiger charge is -2.42. The Kier molecular flexibility index (Phi) is 5.33. The summed E-state index contributed by atoms with van der Waals surface area (Å²) in [7, 11) is 0. The number of furan rings is 1. The number of halogens is 1. The van der Waals surface area contributed by atoms with Gasteiger partial charge in [0.1, 0.15) is 28.1 Å². The average Bonchev–Trinajstić information content (AvgIpc) is 3.20. The van der Waals surface area contributed by atoms with Gasteiger partial charge in [-0.25, -0.2) is 0 Å². The molecule has 0 fully saturated rings. The van der Waals surface area contributed by atoms with Crippen molar-refractivity contribution < 1.29 is 23.7 Å². The molecule has 2 aromatic rings. The smallest absolute Gasteiger partial charge is 0.288 e. The highest BCUT2D eigenvalue weighted by molar-refractivity contribution is 6.32. The number of carbonyl (C=O) groups excluding carboxylic acids is 2. The first-order valence-corrected chi connectivity index (χ1v) is 12.0. The molecule has 0 saturated carbocycles. The van der Waals surface area contributed by atoms with Crippen molar-refractivity contribution in [3.8, 4) is 11.3 Å². The van der Waals surface area contributed by atoms with E-state index in [0.29, 0.717) is 65.4 Å².